The molecule has 3 N–H and O–H groups in total. The molecule has 0 amide bonds. The molecule has 0 aromatic rings. The molecule has 2 aliphatic carbocycles. The molecule has 2 fully saturated rings. The second-order valence-corrected chi connectivity index (χ2v) is 11.3. The molecule has 2 rings (SSSR count). The van der Waals surface area contributed by atoms with Crippen molar-refractivity contribution in [3.8, 4) is 0 Å². The van der Waals surface area contributed by atoms with E-state index in [-0.39, 0.29) is 35.5 Å². The fraction of sp³-hybridized carbons (Fsp3) is 0.960. The van der Waals surface area contributed by atoms with Crippen LogP contribution in [0.3, 0.4) is 0 Å². The Bertz CT molecular complexity index is 533. The van der Waals surface area contributed by atoms with E-state index in [0.717, 1.165) is 25.7 Å². The first-order valence-electron chi connectivity index (χ1n) is 12.1. The van der Waals surface area contributed by atoms with Gasteiger partial charge in [0.15, 0.2) is 0 Å². The smallest absolute Gasteiger partial charge is 0.315 e. The van der Waals surface area contributed by atoms with Crippen molar-refractivity contribution in [2.45, 2.75) is 111 Å². The molecule has 29 heavy (non-hydrogen) atoms. The predicted molar refractivity (Wildman–Crippen MR) is 118 cm³/mol. The Morgan fingerprint density at radius 1 is 0.897 bits per heavy atom. The molecule has 0 aliphatic heterocycles. The van der Waals surface area contributed by atoms with Crippen LogP contribution in [0.15, 0.2) is 0 Å². The number of hydrogen-bond donors (Lipinski definition) is 3. The lowest BCUT2D eigenvalue weighted by molar-refractivity contribution is -0.274. The third kappa shape index (κ3) is 3.89. The predicted octanol–water partition coefficient (Wildman–Crippen LogP) is 5.50. The molecule has 4 nitrogen and oxygen atoms in total. The van der Waals surface area contributed by atoms with Crippen LogP contribution in [0.1, 0.15) is 99.8 Å². The average molecular weight is 411 g/mol. The molecule has 0 saturated heterocycles. The van der Waals surface area contributed by atoms with Crippen LogP contribution in [0.25, 0.3) is 0 Å². The fourth-order valence-electron chi connectivity index (χ4n) is 7.39. The SMILES string of the molecule is CCCC(C(=O)O)(C1(O)CC(C)CCC1C(C)C)C1(O)CC(C)CCC1C(C)C. The molecule has 6 atom stereocenters. The highest BCUT2D eigenvalue weighted by molar-refractivity contribution is 5.78. The number of carbonyl (C=O) groups is 1. The van der Waals surface area contributed by atoms with E-state index in [2.05, 4.69) is 41.5 Å². The third-order valence-corrected chi connectivity index (χ3v) is 8.56. The van der Waals surface area contributed by atoms with Crippen LogP contribution in [0, 0.1) is 40.9 Å². The van der Waals surface area contributed by atoms with E-state index < -0.39 is 22.6 Å². The van der Waals surface area contributed by atoms with Gasteiger partial charge in [-0.1, -0.05) is 67.7 Å². The van der Waals surface area contributed by atoms with E-state index in [4.69, 9.17) is 0 Å². The molecule has 4 heteroatoms. The standard InChI is InChI=1S/C25H46O4/c1-8-13-23(22(26)27,24(28)14-18(6)9-11-20(24)16(2)3)25(29)15-19(7)10-12-21(25)17(4)5/h16-21,28-29H,8-15H2,1-7H3,(H,26,27). The van der Waals surface area contributed by atoms with Gasteiger partial charge in [-0.05, 0) is 67.6 Å². The Kier molecular flexibility index (Phi) is 7.54. The van der Waals surface area contributed by atoms with Crippen molar-refractivity contribution in [3.05, 3.63) is 0 Å². The molecule has 0 spiro atoms. The summed E-state index contributed by atoms with van der Waals surface area (Å²) in [6.45, 7) is 14.6. The van der Waals surface area contributed by atoms with Gasteiger partial charge in [0.25, 0.3) is 0 Å². The normalized spacial score (nSPS) is 40.8. The van der Waals surface area contributed by atoms with Crippen molar-refractivity contribution in [2.75, 3.05) is 0 Å². The molecule has 6 unspecified atom stereocenters. The van der Waals surface area contributed by atoms with Gasteiger partial charge < -0.3 is 15.3 Å². The van der Waals surface area contributed by atoms with Crippen LogP contribution in [-0.2, 0) is 4.79 Å². The number of rotatable bonds is 7. The highest BCUT2D eigenvalue weighted by atomic mass is 16.4. The average Bonchev–Trinajstić information content (AvgIpc) is 2.57. The zero-order valence-corrected chi connectivity index (χ0v) is 19.9. The van der Waals surface area contributed by atoms with Gasteiger partial charge in [0.05, 0.1) is 11.2 Å². The minimum Gasteiger partial charge on any atom is -0.481 e. The highest BCUT2D eigenvalue weighted by Gasteiger charge is 2.72. The van der Waals surface area contributed by atoms with Crippen molar-refractivity contribution in [1.29, 1.82) is 0 Å². The van der Waals surface area contributed by atoms with E-state index >= 15 is 0 Å². The maximum Gasteiger partial charge on any atom is 0.315 e. The van der Waals surface area contributed by atoms with Crippen molar-refractivity contribution < 1.29 is 20.1 Å². The summed E-state index contributed by atoms with van der Waals surface area (Å²) in [7, 11) is 0. The lowest BCUT2D eigenvalue weighted by atomic mass is 9.44. The van der Waals surface area contributed by atoms with Gasteiger partial charge in [-0.3, -0.25) is 4.79 Å². The summed E-state index contributed by atoms with van der Waals surface area (Å²) in [4.78, 5) is 13.2. The molecular formula is C25H46O4. The van der Waals surface area contributed by atoms with Gasteiger partial charge in [0.1, 0.15) is 5.41 Å². The minimum atomic E-state index is -1.54. The number of carboxylic acid groups (broad SMARTS) is 1. The van der Waals surface area contributed by atoms with Crippen LogP contribution >= 0.6 is 0 Å². The highest BCUT2D eigenvalue weighted by Crippen LogP contribution is 2.62. The molecule has 0 radical (unpaired) electrons. The van der Waals surface area contributed by atoms with E-state index in [9.17, 15) is 20.1 Å². The lowest BCUT2D eigenvalue weighted by Gasteiger charge is -2.63. The summed E-state index contributed by atoms with van der Waals surface area (Å²) in [5.41, 5.74) is -4.35. The second-order valence-electron chi connectivity index (χ2n) is 11.3. The molecule has 170 valence electrons. The minimum absolute atomic E-state index is 0.115. The van der Waals surface area contributed by atoms with Gasteiger partial charge in [0, 0.05) is 0 Å². The first kappa shape index (κ1) is 24.7. The van der Waals surface area contributed by atoms with E-state index in [1.54, 1.807) is 0 Å². The maximum atomic E-state index is 13.2. The lowest BCUT2D eigenvalue weighted by Crippen LogP contribution is -2.73. The number of aliphatic hydroxyl groups is 2. The van der Waals surface area contributed by atoms with Crippen molar-refractivity contribution >= 4 is 5.97 Å². The molecular weight excluding hydrogens is 364 g/mol. The first-order valence-corrected chi connectivity index (χ1v) is 12.1. The largest absolute Gasteiger partial charge is 0.481 e. The van der Waals surface area contributed by atoms with Crippen molar-refractivity contribution in [2.24, 2.45) is 40.9 Å². The van der Waals surface area contributed by atoms with Gasteiger partial charge in [0.2, 0.25) is 0 Å². The monoisotopic (exact) mass is 410 g/mol. The van der Waals surface area contributed by atoms with Crippen molar-refractivity contribution in [3.63, 3.8) is 0 Å². The first-order chi connectivity index (χ1) is 13.4. The van der Waals surface area contributed by atoms with Crippen LogP contribution in [-0.4, -0.2) is 32.5 Å². The summed E-state index contributed by atoms with van der Waals surface area (Å²) in [6, 6.07) is 0. The molecule has 2 aliphatic rings. The zero-order chi connectivity index (χ0) is 22.2. The number of hydrogen-bond acceptors (Lipinski definition) is 3. The van der Waals surface area contributed by atoms with Crippen LogP contribution in [0.2, 0.25) is 0 Å². The molecule has 0 aromatic heterocycles. The summed E-state index contributed by atoms with van der Waals surface area (Å²) in [6.07, 6.45) is 5.55. The fourth-order valence-corrected chi connectivity index (χ4v) is 7.39. The maximum absolute atomic E-state index is 13.2. The number of carboxylic acids is 1. The topological polar surface area (TPSA) is 77.8 Å². The summed E-state index contributed by atoms with van der Waals surface area (Å²) in [5.74, 6) is -0.370. The van der Waals surface area contributed by atoms with E-state index in [1.165, 1.54) is 0 Å². The Labute approximate surface area is 178 Å². The number of aliphatic carboxylic acids is 1. The summed E-state index contributed by atoms with van der Waals surface area (Å²) < 4.78 is 0. The summed E-state index contributed by atoms with van der Waals surface area (Å²) >= 11 is 0. The molecule has 0 aromatic carbocycles. The Morgan fingerprint density at radius 3 is 1.55 bits per heavy atom. The Balaban J connectivity index is 2.79. The van der Waals surface area contributed by atoms with E-state index in [0.29, 0.717) is 25.7 Å². The quantitative estimate of drug-likeness (QED) is 0.517. The summed E-state index contributed by atoms with van der Waals surface area (Å²) in [5, 5.41) is 35.7. The van der Waals surface area contributed by atoms with Gasteiger partial charge >= 0.3 is 5.97 Å². The third-order valence-electron chi connectivity index (χ3n) is 8.56. The van der Waals surface area contributed by atoms with Crippen LogP contribution < -0.4 is 0 Å². The molecule has 2 saturated carbocycles. The van der Waals surface area contributed by atoms with Crippen LogP contribution in [0.4, 0.5) is 0 Å². The van der Waals surface area contributed by atoms with Crippen molar-refractivity contribution in [1.82, 2.24) is 0 Å². The Morgan fingerprint density at radius 2 is 1.28 bits per heavy atom. The zero-order valence-electron chi connectivity index (χ0n) is 19.9. The second kappa shape index (κ2) is 8.86. The van der Waals surface area contributed by atoms with Gasteiger partial charge in [-0.2, -0.15) is 0 Å². The van der Waals surface area contributed by atoms with Gasteiger partial charge in [-0.25, -0.2) is 0 Å². The Hall–Kier alpha value is -0.610. The van der Waals surface area contributed by atoms with Gasteiger partial charge in [-0.15, -0.1) is 0 Å². The van der Waals surface area contributed by atoms with E-state index in [1.807, 2.05) is 6.92 Å². The molecule has 0 heterocycles. The molecule has 0 bridgehead atoms. The van der Waals surface area contributed by atoms with Crippen LogP contribution in [0.5, 0.6) is 0 Å².